The summed E-state index contributed by atoms with van der Waals surface area (Å²) in [6.45, 7) is 7.83. The Labute approximate surface area is 136 Å². The lowest BCUT2D eigenvalue weighted by Crippen LogP contribution is -2.55. The number of piperidine rings is 1. The number of hydrogen-bond donors (Lipinski definition) is 2. The topological polar surface area (TPSA) is 35.5 Å². The molecule has 3 heteroatoms. The third kappa shape index (κ3) is 4.24. The number of aliphatic hydroxyl groups is 1. The molecule has 128 valence electrons. The number of likely N-dealkylation sites (tertiary alicyclic amines) is 1. The van der Waals surface area contributed by atoms with Crippen molar-refractivity contribution >= 4 is 0 Å². The van der Waals surface area contributed by atoms with Crippen molar-refractivity contribution in [3.63, 3.8) is 0 Å². The van der Waals surface area contributed by atoms with E-state index in [2.05, 4.69) is 17.1 Å². The van der Waals surface area contributed by atoms with E-state index in [1.165, 1.54) is 58.0 Å². The van der Waals surface area contributed by atoms with Crippen LogP contribution in [0.5, 0.6) is 0 Å². The summed E-state index contributed by atoms with van der Waals surface area (Å²) in [5.74, 6) is 2.29. The van der Waals surface area contributed by atoms with Gasteiger partial charge in [0.05, 0.1) is 6.10 Å². The van der Waals surface area contributed by atoms with Crippen molar-refractivity contribution in [2.75, 3.05) is 19.6 Å². The van der Waals surface area contributed by atoms with Crippen LogP contribution in [0.3, 0.4) is 0 Å². The summed E-state index contributed by atoms with van der Waals surface area (Å²) in [6.07, 6.45) is 10.8. The van der Waals surface area contributed by atoms with E-state index in [1.807, 2.05) is 6.92 Å². The molecule has 1 aliphatic heterocycles. The largest absolute Gasteiger partial charge is 0.393 e. The number of nitrogens with one attached hydrogen (secondary N) is 1. The van der Waals surface area contributed by atoms with Gasteiger partial charge in [-0.1, -0.05) is 19.8 Å². The van der Waals surface area contributed by atoms with Crippen LogP contribution in [0.25, 0.3) is 0 Å². The second kappa shape index (κ2) is 7.63. The van der Waals surface area contributed by atoms with E-state index >= 15 is 0 Å². The highest BCUT2D eigenvalue weighted by molar-refractivity contribution is 4.94. The van der Waals surface area contributed by atoms with E-state index in [4.69, 9.17) is 0 Å². The van der Waals surface area contributed by atoms with Crippen LogP contribution in [-0.4, -0.2) is 47.8 Å². The molecule has 3 aliphatic rings. The Hall–Kier alpha value is -0.120. The van der Waals surface area contributed by atoms with Crippen LogP contribution in [0.4, 0.5) is 0 Å². The van der Waals surface area contributed by atoms with Gasteiger partial charge >= 0.3 is 0 Å². The van der Waals surface area contributed by atoms with Gasteiger partial charge in [-0.25, -0.2) is 0 Å². The molecule has 2 aliphatic carbocycles. The molecule has 0 aromatic heterocycles. The van der Waals surface area contributed by atoms with Crippen molar-refractivity contribution in [2.45, 2.75) is 83.4 Å². The summed E-state index contributed by atoms with van der Waals surface area (Å²) in [5.41, 5.74) is 0. The Balaban J connectivity index is 1.56. The van der Waals surface area contributed by atoms with Crippen molar-refractivity contribution in [1.82, 2.24) is 10.2 Å². The summed E-state index contributed by atoms with van der Waals surface area (Å²) < 4.78 is 0. The van der Waals surface area contributed by atoms with Gasteiger partial charge in [0.2, 0.25) is 0 Å². The SMILES string of the molecule is CCC(C1CC1)N1CC(NCC2CCCC2)CC(C(C)O)C1. The maximum absolute atomic E-state index is 10.1. The van der Waals surface area contributed by atoms with E-state index in [0.29, 0.717) is 12.0 Å². The summed E-state index contributed by atoms with van der Waals surface area (Å²) in [7, 11) is 0. The minimum atomic E-state index is -0.171. The van der Waals surface area contributed by atoms with Crippen LogP contribution in [-0.2, 0) is 0 Å². The predicted molar refractivity (Wildman–Crippen MR) is 91.9 cm³/mol. The fourth-order valence-electron chi connectivity index (χ4n) is 4.86. The average Bonchev–Trinajstić information content (AvgIpc) is 3.20. The van der Waals surface area contributed by atoms with Crippen molar-refractivity contribution in [3.05, 3.63) is 0 Å². The lowest BCUT2D eigenvalue weighted by molar-refractivity contribution is 0.0226. The van der Waals surface area contributed by atoms with Crippen molar-refractivity contribution in [2.24, 2.45) is 17.8 Å². The third-order valence-corrected chi connectivity index (χ3v) is 6.42. The minimum Gasteiger partial charge on any atom is -0.393 e. The molecule has 3 nitrogen and oxygen atoms in total. The molecule has 2 N–H and O–H groups in total. The van der Waals surface area contributed by atoms with Crippen LogP contribution >= 0.6 is 0 Å². The highest BCUT2D eigenvalue weighted by Gasteiger charge is 2.39. The first-order valence-corrected chi connectivity index (χ1v) is 9.82. The van der Waals surface area contributed by atoms with E-state index in [9.17, 15) is 5.11 Å². The van der Waals surface area contributed by atoms with Gasteiger partial charge in [-0.3, -0.25) is 4.90 Å². The number of aliphatic hydroxyl groups excluding tert-OH is 1. The van der Waals surface area contributed by atoms with Gasteiger partial charge in [0.1, 0.15) is 0 Å². The summed E-state index contributed by atoms with van der Waals surface area (Å²) >= 11 is 0. The normalized spacial score (nSPS) is 34.0. The molecule has 0 bridgehead atoms. The summed E-state index contributed by atoms with van der Waals surface area (Å²) in [5, 5.41) is 14.0. The zero-order chi connectivity index (χ0) is 15.5. The van der Waals surface area contributed by atoms with Crippen LogP contribution in [0, 0.1) is 17.8 Å². The van der Waals surface area contributed by atoms with E-state index in [-0.39, 0.29) is 6.10 Å². The standard InChI is InChI=1S/C19H36N2O/c1-3-19(16-8-9-16)21-12-17(14(2)22)10-18(13-21)20-11-15-6-4-5-7-15/h14-20,22H,3-13H2,1-2H3. The van der Waals surface area contributed by atoms with Gasteiger partial charge in [0.25, 0.3) is 0 Å². The molecule has 4 unspecified atom stereocenters. The zero-order valence-electron chi connectivity index (χ0n) is 14.6. The zero-order valence-corrected chi connectivity index (χ0v) is 14.6. The molecule has 1 heterocycles. The molecule has 0 aromatic rings. The van der Waals surface area contributed by atoms with Crippen molar-refractivity contribution in [1.29, 1.82) is 0 Å². The molecule has 0 radical (unpaired) electrons. The fraction of sp³-hybridized carbons (Fsp3) is 1.00. The second-order valence-corrected chi connectivity index (χ2v) is 8.26. The van der Waals surface area contributed by atoms with Crippen LogP contribution in [0.2, 0.25) is 0 Å². The Morgan fingerprint density at radius 2 is 1.82 bits per heavy atom. The molecule has 2 saturated carbocycles. The number of hydrogen-bond acceptors (Lipinski definition) is 3. The molecule has 0 spiro atoms. The summed E-state index contributed by atoms with van der Waals surface area (Å²) in [4.78, 5) is 2.71. The van der Waals surface area contributed by atoms with Gasteiger partial charge in [-0.2, -0.15) is 0 Å². The first kappa shape index (κ1) is 16.7. The first-order valence-electron chi connectivity index (χ1n) is 9.82. The molecule has 4 atom stereocenters. The minimum absolute atomic E-state index is 0.171. The maximum Gasteiger partial charge on any atom is 0.0553 e. The van der Waals surface area contributed by atoms with E-state index < -0.39 is 0 Å². The van der Waals surface area contributed by atoms with Crippen LogP contribution in [0.15, 0.2) is 0 Å². The van der Waals surface area contributed by atoms with Crippen molar-refractivity contribution in [3.8, 4) is 0 Å². The van der Waals surface area contributed by atoms with Gasteiger partial charge < -0.3 is 10.4 Å². The second-order valence-electron chi connectivity index (χ2n) is 8.26. The molecule has 3 rings (SSSR count). The molecule has 0 aromatic carbocycles. The lowest BCUT2D eigenvalue weighted by Gasteiger charge is -2.43. The number of nitrogens with zero attached hydrogens (tertiary/aromatic N) is 1. The number of rotatable bonds is 7. The van der Waals surface area contributed by atoms with Gasteiger partial charge in [-0.05, 0) is 69.7 Å². The highest BCUT2D eigenvalue weighted by atomic mass is 16.3. The lowest BCUT2D eigenvalue weighted by atomic mass is 9.88. The fourth-order valence-corrected chi connectivity index (χ4v) is 4.86. The third-order valence-electron chi connectivity index (χ3n) is 6.42. The predicted octanol–water partition coefficient (Wildman–Crippen LogP) is 3.03. The van der Waals surface area contributed by atoms with Crippen LogP contribution in [0.1, 0.15) is 65.2 Å². The molecule has 3 fully saturated rings. The molecule has 1 saturated heterocycles. The molecular weight excluding hydrogens is 272 g/mol. The van der Waals surface area contributed by atoms with Gasteiger partial charge in [0, 0.05) is 25.2 Å². The monoisotopic (exact) mass is 308 g/mol. The van der Waals surface area contributed by atoms with Crippen molar-refractivity contribution < 1.29 is 5.11 Å². The average molecular weight is 309 g/mol. The molecular formula is C19H36N2O. The van der Waals surface area contributed by atoms with Crippen LogP contribution < -0.4 is 5.32 Å². The molecule has 0 amide bonds. The van der Waals surface area contributed by atoms with E-state index in [1.54, 1.807) is 0 Å². The van der Waals surface area contributed by atoms with Gasteiger partial charge in [-0.15, -0.1) is 0 Å². The summed E-state index contributed by atoms with van der Waals surface area (Å²) in [6, 6.07) is 1.35. The smallest absolute Gasteiger partial charge is 0.0553 e. The molecule has 22 heavy (non-hydrogen) atoms. The van der Waals surface area contributed by atoms with E-state index in [0.717, 1.165) is 30.8 Å². The Bertz CT molecular complexity index is 336. The maximum atomic E-state index is 10.1. The highest BCUT2D eigenvalue weighted by Crippen LogP contribution is 2.38. The Kier molecular flexibility index (Phi) is 5.80. The Morgan fingerprint density at radius 3 is 2.41 bits per heavy atom. The first-order chi connectivity index (χ1) is 10.7. The quantitative estimate of drug-likeness (QED) is 0.759. The Morgan fingerprint density at radius 1 is 1.09 bits per heavy atom. The van der Waals surface area contributed by atoms with Gasteiger partial charge in [0.15, 0.2) is 0 Å².